The molecule has 0 aliphatic heterocycles. The quantitative estimate of drug-likeness (QED) is 0.743. The number of methoxy groups -OCH3 is 1. The summed E-state index contributed by atoms with van der Waals surface area (Å²) in [6, 6.07) is 3.72. The number of hydrogen-bond acceptors (Lipinski definition) is 3. The van der Waals surface area contributed by atoms with Crippen molar-refractivity contribution in [3.63, 3.8) is 0 Å². The molecule has 0 spiro atoms. The molecule has 17 heavy (non-hydrogen) atoms. The zero-order valence-corrected chi connectivity index (χ0v) is 9.93. The van der Waals surface area contributed by atoms with E-state index in [1.165, 1.54) is 20.0 Å². The summed E-state index contributed by atoms with van der Waals surface area (Å²) in [4.78, 5) is 16.1. The summed E-state index contributed by atoms with van der Waals surface area (Å²) >= 11 is 0. The van der Waals surface area contributed by atoms with E-state index in [1.807, 2.05) is 19.2 Å². The Balaban J connectivity index is 2.24. The van der Waals surface area contributed by atoms with Crippen LogP contribution in [0.25, 0.3) is 5.52 Å². The molecule has 4 heteroatoms. The number of nitrogens with zero attached hydrogens (tertiary/aromatic N) is 2. The summed E-state index contributed by atoms with van der Waals surface area (Å²) in [7, 11) is 1.40. The van der Waals surface area contributed by atoms with Gasteiger partial charge in [0.05, 0.1) is 24.4 Å². The van der Waals surface area contributed by atoms with Gasteiger partial charge in [0, 0.05) is 11.6 Å². The minimum atomic E-state index is -0.292. The monoisotopic (exact) mass is 230 g/mol. The van der Waals surface area contributed by atoms with Gasteiger partial charge in [-0.15, -0.1) is 0 Å². The molecule has 2 heterocycles. The van der Waals surface area contributed by atoms with Gasteiger partial charge in [-0.2, -0.15) is 0 Å². The molecular weight excluding hydrogens is 216 g/mol. The average molecular weight is 230 g/mol. The normalized spacial score (nSPS) is 15.2. The molecule has 1 saturated carbocycles. The Morgan fingerprint density at radius 3 is 2.88 bits per heavy atom. The van der Waals surface area contributed by atoms with E-state index < -0.39 is 0 Å². The van der Waals surface area contributed by atoms with Crippen LogP contribution < -0.4 is 0 Å². The van der Waals surface area contributed by atoms with Crippen molar-refractivity contribution in [2.75, 3.05) is 7.11 Å². The van der Waals surface area contributed by atoms with Crippen LogP contribution in [0.1, 0.15) is 40.6 Å². The van der Waals surface area contributed by atoms with Crippen LogP contribution in [-0.2, 0) is 4.74 Å². The summed E-state index contributed by atoms with van der Waals surface area (Å²) in [5.41, 5.74) is 2.56. The summed E-state index contributed by atoms with van der Waals surface area (Å²) < 4.78 is 6.86. The number of aryl methyl sites for hydroxylation is 1. The zero-order chi connectivity index (χ0) is 12.0. The van der Waals surface area contributed by atoms with Crippen LogP contribution in [0.15, 0.2) is 18.3 Å². The van der Waals surface area contributed by atoms with Crippen molar-refractivity contribution in [2.24, 2.45) is 0 Å². The van der Waals surface area contributed by atoms with Gasteiger partial charge in [0.25, 0.3) is 0 Å². The molecule has 1 aliphatic carbocycles. The minimum absolute atomic E-state index is 0.292. The van der Waals surface area contributed by atoms with Crippen molar-refractivity contribution in [3.8, 4) is 0 Å². The maximum atomic E-state index is 11.6. The third-order valence-corrected chi connectivity index (χ3v) is 3.31. The molecule has 1 fully saturated rings. The van der Waals surface area contributed by atoms with Crippen LogP contribution >= 0.6 is 0 Å². The highest BCUT2D eigenvalue weighted by Crippen LogP contribution is 2.39. The predicted molar refractivity (Wildman–Crippen MR) is 63.2 cm³/mol. The van der Waals surface area contributed by atoms with Gasteiger partial charge >= 0.3 is 5.97 Å². The average Bonchev–Trinajstić information content (AvgIpc) is 3.09. The second-order valence-corrected chi connectivity index (χ2v) is 4.47. The Morgan fingerprint density at radius 1 is 1.47 bits per heavy atom. The van der Waals surface area contributed by atoms with Crippen LogP contribution in [0.2, 0.25) is 0 Å². The summed E-state index contributed by atoms with van der Waals surface area (Å²) in [5, 5.41) is 0. The van der Waals surface area contributed by atoms with Gasteiger partial charge in [-0.05, 0) is 31.9 Å². The molecule has 2 aromatic rings. The third kappa shape index (κ3) is 1.52. The van der Waals surface area contributed by atoms with Crippen LogP contribution in [0.5, 0.6) is 0 Å². The topological polar surface area (TPSA) is 43.6 Å². The van der Waals surface area contributed by atoms with Gasteiger partial charge in [0.1, 0.15) is 5.82 Å². The third-order valence-electron chi connectivity index (χ3n) is 3.31. The first kappa shape index (κ1) is 10.3. The molecule has 3 rings (SSSR count). The van der Waals surface area contributed by atoms with Crippen LogP contribution in [0.4, 0.5) is 0 Å². The van der Waals surface area contributed by atoms with E-state index in [0.717, 1.165) is 17.0 Å². The van der Waals surface area contributed by atoms with Gasteiger partial charge < -0.3 is 4.74 Å². The molecule has 1 aliphatic rings. The smallest absolute Gasteiger partial charge is 0.339 e. The first-order valence-corrected chi connectivity index (χ1v) is 5.77. The number of carbonyl (C=O) groups excluding carboxylic acids is 1. The van der Waals surface area contributed by atoms with E-state index >= 15 is 0 Å². The number of ether oxygens (including phenoxy) is 1. The van der Waals surface area contributed by atoms with Gasteiger partial charge in [0.15, 0.2) is 0 Å². The minimum Gasteiger partial charge on any atom is -0.465 e. The van der Waals surface area contributed by atoms with Crippen LogP contribution in [-0.4, -0.2) is 22.5 Å². The molecule has 88 valence electrons. The van der Waals surface area contributed by atoms with Gasteiger partial charge in [-0.25, -0.2) is 9.78 Å². The van der Waals surface area contributed by atoms with E-state index in [1.54, 1.807) is 6.07 Å². The molecular formula is C13H14N2O2. The Bertz CT molecular complexity index is 597. The second-order valence-electron chi connectivity index (χ2n) is 4.47. The number of fused-ring (bicyclic) bond motifs is 1. The van der Waals surface area contributed by atoms with Crippen molar-refractivity contribution in [3.05, 3.63) is 35.4 Å². The standard InChI is InChI=1S/C13H14N2O2/c1-8-11(13(16)17-2)6-5-10-7-14-12(15(8)10)9-3-4-9/h5-7,9H,3-4H2,1-2H3. The number of carbonyl (C=O) groups is 1. The maximum absolute atomic E-state index is 11.6. The molecule has 2 aromatic heterocycles. The molecule has 0 unspecified atom stereocenters. The fourth-order valence-corrected chi connectivity index (χ4v) is 2.23. The Labute approximate surface area is 99.2 Å². The number of imidazole rings is 1. The van der Waals surface area contributed by atoms with E-state index in [4.69, 9.17) is 4.74 Å². The van der Waals surface area contributed by atoms with Crippen molar-refractivity contribution in [2.45, 2.75) is 25.7 Å². The molecule has 0 aromatic carbocycles. The summed E-state index contributed by atoms with van der Waals surface area (Å²) in [5.74, 6) is 1.34. The lowest BCUT2D eigenvalue weighted by molar-refractivity contribution is 0.0599. The van der Waals surface area contributed by atoms with E-state index in [2.05, 4.69) is 9.38 Å². The van der Waals surface area contributed by atoms with E-state index in [9.17, 15) is 4.79 Å². The Morgan fingerprint density at radius 2 is 2.24 bits per heavy atom. The number of esters is 1. The second kappa shape index (κ2) is 3.58. The lowest BCUT2D eigenvalue weighted by Crippen LogP contribution is -2.08. The molecule has 0 saturated heterocycles. The number of rotatable bonds is 2. The molecule has 0 atom stereocenters. The molecule has 0 amide bonds. The van der Waals surface area contributed by atoms with Crippen molar-refractivity contribution in [1.29, 1.82) is 0 Å². The molecule has 0 N–H and O–H groups in total. The van der Waals surface area contributed by atoms with Crippen molar-refractivity contribution in [1.82, 2.24) is 9.38 Å². The first-order valence-electron chi connectivity index (χ1n) is 5.77. The zero-order valence-electron chi connectivity index (χ0n) is 9.93. The predicted octanol–water partition coefficient (Wildman–Crippen LogP) is 2.31. The molecule has 0 bridgehead atoms. The van der Waals surface area contributed by atoms with Gasteiger partial charge in [-0.1, -0.05) is 0 Å². The van der Waals surface area contributed by atoms with Crippen molar-refractivity contribution < 1.29 is 9.53 Å². The fourth-order valence-electron chi connectivity index (χ4n) is 2.23. The number of pyridine rings is 1. The molecule has 4 nitrogen and oxygen atoms in total. The van der Waals surface area contributed by atoms with Gasteiger partial charge in [0.2, 0.25) is 0 Å². The highest BCUT2D eigenvalue weighted by molar-refractivity contribution is 5.91. The summed E-state index contributed by atoms with van der Waals surface area (Å²) in [6.07, 6.45) is 4.25. The summed E-state index contributed by atoms with van der Waals surface area (Å²) in [6.45, 7) is 1.94. The number of hydrogen-bond donors (Lipinski definition) is 0. The SMILES string of the molecule is COC(=O)c1ccc2cnc(C3CC3)n2c1C. The van der Waals surface area contributed by atoms with Gasteiger partial charge in [-0.3, -0.25) is 4.40 Å². The number of aromatic nitrogens is 2. The first-order chi connectivity index (χ1) is 8.22. The highest BCUT2D eigenvalue weighted by Gasteiger charge is 2.28. The van der Waals surface area contributed by atoms with Crippen molar-refractivity contribution >= 4 is 11.5 Å². The fraction of sp³-hybridized carbons (Fsp3) is 0.385. The highest BCUT2D eigenvalue weighted by atomic mass is 16.5. The molecule has 0 radical (unpaired) electrons. The lowest BCUT2D eigenvalue weighted by atomic mass is 10.2. The van der Waals surface area contributed by atoms with Crippen LogP contribution in [0, 0.1) is 6.92 Å². The Kier molecular flexibility index (Phi) is 2.18. The van der Waals surface area contributed by atoms with E-state index in [0.29, 0.717) is 11.5 Å². The Hall–Kier alpha value is -1.84. The van der Waals surface area contributed by atoms with Crippen LogP contribution in [0.3, 0.4) is 0 Å². The maximum Gasteiger partial charge on any atom is 0.339 e. The lowest BCUT2D eigenvalue weighted by Gasteiger charge is -2.08. The largest absolute Gasteiger partial charge is 0.465 e. The van der Waals surface area contributed by atoms with E-state index in [-0.39, 0.29) is 5.97 Å².